The normalized spacial score (nSPS) is 12.0. The molecule has 1 rings (SSSR count). The molecule has 0 aromatic carbocycles. The summed E-state index contributed by atoms with van der Waals surface area (Å²) >= 11 is 0. The van der Waals surface area contributed by atoms with Crippen molar-refractivity contribution in [1.29, 1.82) is 0 Å². The highest BCUT2D eigenvalue weighted by Crippen LogP contribution is 2.12. The van der Waals surface area contributed by atoms with Gasteiger partial charge in [0.2, 0.25) is 0 Å². The van der Waals surface area contributed by atoms with Gasteiger partial charge in [0, 0.05) is 6.61 Å². The lowest BCUT2D eigenvalue weighted by Gasteiger charge is -2.11. The Kier molecular flexibility index (Phi) is 3.60. The summed E-state index contributed by atoms with van der Waals surface area (Å²) in [5.74, 6) is 0.986. The quantitative estimate of drug-likeness (QED) is 0.721. The van der Waals surface area contributed by atoms with Crippen LogP contribution in [-0.4, -0.2) is 16.7 Å². The van der Waals surface area contributed by atoms with E-state index in [0.29, 0.717) is 24.9 Å². The molecule has 0 bridgehead atoms. The molecular weight excluding hydrogens is 182 g/mol. The van der Waals surface area contributed by atoms with E-state index in [1.165, 1.54) is 0 Å². The molecule has 14 heavy (non-hydrogen) atoms. The minimum Gasteiger partial charge on any atom is -0.372 e. The van der Waals surface area contributed by atoms with Crippen LogP contribution in [0.5, 0.6) is 0 Å². The van der Waals surface area contributed by atoms with Gasteiger partial charge in [0.05, 0.1) is 5.54 Å². The predicted octanol–water partition coefficient (Wildman–Crippen LogP) is 1.19. The van der Waals surface area contributed by atoms with Crippen molar-refractivity contribution in [2.45, 2.75) is 39.3 Å². The maximum Gasteiger partial charge on any atom is 0.252 e. The van der Waals surface area contributed by atoms with Gasteiger partial charge >= 0.3 is 0 Å². The number of rotatable bonds is 5. The molecule has 0 radical (unpaired) electrons. The van der Waals surface area contributed by atoms with Crippen LogP contribution < -0.4 is 5.73 Å². The zero-order chi connectivity index (χ0) is 10.6. The summed E-state index contributed by atoms with van der Waals surface area (Å²) in [6.45, 7) is 6.76. The van der Waals surface area contributed by atoms with Crippen molar-refractivity contribution >= 4 is 0 Å². The van der Waals surface area contributed by atoms with Crippen molar-refractivity contribution in [1.82, 2.24) is 10.1 Å². The van der Waals surface area contributed by atoms with Gasteiger partial charge in [-0.15, -0.1) is 0 Å². The number of ether oxygens (including phenoxy) is 1. The third-order valence-electron chi connectivity index (χ3n) is 1.62. The van der Waals surface area contributed by atoms with Gasteiger partial charge in [0.25, 0.3) is 5.89 Å². The average molecular weight is 199 g/mol. The Morgan fingerprint density at radius 2 is 2.21 bits per heavy atom. The van der Waals surface area contributed by atoms with Gasteiger partial charge in [0.1, 0.15) is 6.61 Å². The van der Waals surface area contributed by atoms with E-state index in [2.05, 4.69) is 10.1 Å². The van der Waals surface area contributed by atoms with Gasteiger partial charge in [-0.1, -0.05) is 12.1 Å². The van der Waals surface area contributed by atoms with Crippen LogP contribution in [0.15, 0.2) is 4.52 Å². The molecule has 0 fully saturated rings. The molecule has 0 unspecified atom stereocenters. The second-order valence-corrected chi connectivity index (χ2v) is 3.79. The first-order chi connectivity index (χ1) is 6.54. The number of hydrogen-bond acceptors (Lipinski definition) is 5. The van der Waals surface area contributed by atoms with Crippen molar-refractivity contribution in [3.63, 3.8) is 0 Å². The van der Waals surface area contributed by atoms with Crippen LogP contribution in [0.2, 0.25) is 0 Å². The second-order valence-electron chi connectivity index (χ2n) is 3.79. The monoisotopic (exact) mass is 199 g/mol. The van der Waals surface area contributed by atoms with Crippen molar-refractivity contribution in [3.8, 4) is 0 Å². The maximum absolute atomic E-state index is 5.80. The molecule has 0 aliphatic rings. The van der Waals surface area contributed by atoms with Crippen LogP contribution in [0.4, 0.5) is 0 Å². The molecule has 0 aliphatic heterocycles. The van der Waals surface area contributed by atoms with E-state index in [1.54, 1.807) is 0 Å². The fourth-order valence-electron chi connectivity index (χ4n) is 0.879. The summed E-state index contributed by atoms with van der Waals surface area (Å²) in [7, 11) is 0. The topological polar surface area (TPSA) is 74.2 Å². The molecule has 5 nitrogen and oxygen atoms in total. The summed E-state index contributed by atoms with van der Waals surface area (Å²) in [4.78, 5) is 4.13. The average Bonchev–Trinajstić information content (AvgIpc) is 2.52. The van der Waals surface area contributed by atoms with E-state index >= 15 is 0 Å². The van der Waals surface area contributed by atoms with Crippen LogP contribution in [0.25, 0.3) is 0 Å². The Bertz CT molecular complexity index is 278. The molecule has 2 N–H and O–H groups in total. The van der Waals surface area contributed by atoms with Crippen LogP contribution in [0.3, 0.4) is 0 Å². The minimum atomic E-state index is -0.563. The third kappa shape index (κ3) is 3.08. The second kappa shape index (κ2) is 4.52. The molecular formula is C9H17N3O2. The van der Waals surface area contributed by atoms with Gasteiger partial charge in [0.15, 0.2) is 5.82 Å². The molecule has 0 aliphatic carbocycles. The van der Waals surface area contributed by atoms with E-state index in [9.17, 15) is 0 Å². The Hall–Kier alpha value is -0.940. The number of nitrogens with two attached hydrogens (primary N) is 1. The molecule has 5 heteroatoms. The Labute approximate surface area is 83.6 Å². The first-order valence-electron chi connectivity index (χ1n) is 4.73. The molecule has 1 heterocycles. The lowest BCUT2D eigenvalue weighted by atomic mass is 10.1. The van der Waals surface area contributed by atoms with Gasteiger partial charge < -0.3 is 15.0 Å². The zero-order valence-corrected chi connectivity index (χ0v) is 8.91. The van der Waals surface area contributed by atoms with E-state index in [1.807, 2.05) is 20.8 Å². The van der Waals surface area contributed by atoms with Crippen LogP contribution in [0, 0.1) is 0 Å². The third-order valence-corrected chi connectivity index (χ3v) is 1.62. The molecule has 1 aromatic rings. The fraction of sp³-hybridized carbons (Fsp3) is 0.778. The highest BCUT2D eigenvalue weighted by molar-refractivity contribution is 4.98. The van der Waals surface area contributed by atoms with E-state index in [0.717, 1.165) is 6.42 Å². The zero-order valence-electron chi connectivity index (χ0n) is 8.91. The van der Waals surface area contributed by atoms with Crippen molar-refractivity contribution in [2.24, 2.45) is 5.73 Å². The van der Waals surface area contributed by atoms with Crippen molar-refractivity contribution in [2.75, 3.05) is 6.61 Å². The number of hydrogen-bond donors (Lipinski definition) is 1. The Morgan fingerprint density at radius 3 is 2.71 bits per heavy atom. The Balaban J connectivity index is 2.51. The summed E-state index contributed by atoms with van der Waals surface area (Å²) in [5.41, 5.74) is 5.24. The van der Waals surface area contributed by atoms with E-state index in [-0.39, 0.29) is 0 Å². The molecule has 0 saturated heterocycles. The van der Waals surface area contributed by atoms with Gasteiger partial charge in [-0.25, -0.2) is 0 Å². The summed E-state index contributed by atoms with van der Waals surface area (Å²) in [5, 5.41) is 3.78. The lowest BCUT2D eigenvalue weighted by molar-refractivity contribution is 0.0981. The standard InChI is InChI=1S/C9H17N3O2/c1-4-5-13-6-7-11-8(12-14-7)9(2,3)10/h4-6,10H2,1-3H3. The lowest BCUT2D eigenvalue weighted by Crippen LogP contribution is -2.30. The number of aromatic nitrogens is 2. The molecule has 0 saturated carbocycles. The summed E-state index contributed by atoms with van der Waals surface area (Å²) in [6, 6.07) is 0. The van der Waals surface area contributed by atoms with Crippen molar-refractivity contribution in [3.05, 3.63) is 11.7 Å². The fourth-order valence-corrected chi connectivity index (χ4v) is 0.879. The molecule has 80 valence electrons. The molecule has 0 atom stereocenters. The smallest absolute Gasteiger partial charge is 0.252 e. The van der Waals surface area contributed by atoms with E-state index in [4.69, 9.17) is 15.0 Å². The van der Waals surface area contributed by atoms with Gasteiger partial charge in [-0.05, 0) is 20.3 Å². The highest BCUT2D eigenvalue weighted by atomic mass is 16.5. The first-order valence-corrected chi connectivity index (χ1v) is 4.73. The Morgan fingerprint density at radius 1 is 1.50 bits per heavy atom. The van der Waals surface area contributed by atoms with Gasteiger partial charge in [-0.2, -0.15) is 4.98 Å². The SMILES string of the molecule is CCCOCc1nc(C(C)(C)N)no1. The van der Waals surface area contributed by atoms with Crippen LogP contribution >= 0.6 is 0 Å². The first kappa shape index (κ1) is 11.1. The van der Waals surface area contributed by atoms with E-state index < -0.39 is 5.54 Å². The number of nitrogens with zero attached hydrogens (tertiary/aromatic N) is 2. The minimum absolute atomic E-state index is 0.358. The molecule has 1 aromatic heterocycles. The maximum atomic E-state index is 5.80. The summed E-state index contributed by atoms with van der Waals surface area (Å²) in [6.07, 6.45) is 0.976. The van der Waals surface area contributed by atoms with Crippen LogP contribution in [0.1, 0.15) is 38.9 Å². The molecule has 0 amide bonds. The highest BCUT2D eigenvalue weighted by Gasteiger charge is 2.21. The van der Waals surface area contributed by atoms with Gasteiger partial charge in [-0.3, -0.25) is 0 Å². The van der Waals surface area contributed by atoms with Crippen molar-refractivity contribution < 1.29 is 9.26 Å². The predicted molar refractivity (Wildman–Crippen MR) is 51.5 cm³/mol. The molecule has 0 spiro atoms. The largest absolute Gasteiger partial charge is 0.372 e. The van der Waals surface area contributed by atoms with Crippen LogP contribution in [-0.2, 0) is 16.9 Å². The summed E-state index contributed by atoms with van der Waals surface area (Å²) < 4.78 is 10.2.